The molecule has 0 aliphatic rings. The highest BCUT2D eigenvalue weighted by Gasteiger charge is 2.14. The van der Waals surface area contributed by atoms with Gasteiger partial charge in [0.05, 0.1) is 4.90 Å². The molecular weight excluding hydrogens is 396 g/mol. The van der Waals surface area contributed by atoms with E-state index in [-0.39, 0.29) is 0 Å². The number of para-hydroxylation sites is 1. The third-order valence-electron chi connectivity index (χ3n) is 4.08. The van der Waals surface area contributed by atoms with Crippen LogP contribution in [0.2, 0.25) is 0 Å². The minimum Gasteiger partial charge on any atom is -0.594 e. The van der Waals surface area contributed by atoms with Crippen LogP contribution in [0, 0.1) is 5.21 Å². The average Bonchev–Trinajstić information content (AvgIpc) is 2.77. The predicted molar refractivity (Wildman–Crippen MR) is 119 cm³/mol. The molecule has 0 aliphatic heterocycles. The van der Waals surface area contributed by atoms with Gasteiger partial charge in [0.2, 0.25) is 0 Å². The summed E-state index contributed by atoms with van der Waals surface area (Å²) < 4.78 is 0. The van der Waals surface area contributed by atoms with Crippen molar-refractivity contribution in [1.82, 2.24) is 0 Å². The SMILES string of the molecule is [O-][N+](=Nc1ccccc1Sc1ccccc1)c1ccccc1Sc1ccccc1. The molecule has 29 heavy (non-hydrogen) atoms. The van der Waals surface area contributed by atoms with Crippen LogP contribution in [-0.4, -0.2) is 4.86 Å². The Morgan fingerprint density at radius 1 is 0.552 bits per heavy atom. The topological polar surface area (TPSA) is 38.4 Å². The molecule has 0 bridgehead atoms. The summed E-state index contributed by atoms with van der Waals surface area (Å²) in [7, 11) is 0. The van der Waals surface area contributed by atoms with E-state index >= 15 is 0 Å². The highest BCUT2D eigenvalue weighted by atomic mass is 32.2. The van der Waals surface area contributed by atoms with Crippen LogP contribution in [0.4, 0.5) is 11.4 Å². The molecular formula is C24H18N2OS2. The van der Waals surface area contributed by atoms with Gasteiger partial charge in [0.25, 0.3) is 5.69 Å². The van der Waals surface area contributed by atoms with E-state index in [1.807, 2.05) is 103 Å². The number of benzene rings is 4. The van der Waals surface area contributed by atoms with E-state index in [2.05, 4.69) is 5.11 Å². The minimum atomic E-state index is 0.529. The minimum absolute atomic E-state index is 0.529. The lowest BCUT2D eigenvalue weighted by atomic mass is 10.3. The van der Waals surface area contributed by atoms with E-state index in [1.54, 1.807) is 29.6 Å². The fraction of sp³-hybridized carbons (Fsp3) is 0. The van der Waals surface area contributed by atoms with Gasteiger partial charge in [0, 0.05) is 25.9 Å². The second kappa shape index (κ2) is 9.45. The third-order valence-corrected chi connectivity index (χ3v) is 6.22. The van der Waals surface area contributed by atoms with Gasteiger partial charge in [-0.15, -0.1) is 0 Å². The van der Waals surface area contributed by atoms with Gasteiger partial charge in [-0.3, -0.25) is 0 Å². The Kier molecular flexibility index (Phi) is 6.29. The molecule has 4 aromatic carbocycles. The van der Waals surface area contributed by atoms with Gasteiger partial charge < -0.3 is 5.21 Å². The molecule has 0 saturated heterocycles. The van der Waals surface area contributed by atoms with Gasteiger partial charge in [-0.05, 0) is 47.3 Å². The summed E-state index contributed by atoms with van der Waals surface area (Å²) in [5, 5.41) is 17.3. The molecule has 0 saturated carbocycles. The number of hydrogen-bond donors (Lipinski definition) is 0. The van der Waals surface area contributed by atoms with Crippen molar-refractivity contribution in [1.29, 1.82) is 0 Å². The molecule has 0 aliphatic carbocycles. The monoisotopic (exact) mass is 414 g/mol. The first kappa shape index (κ1) is 19.3. The lowest BCUT2D eigenvalue weighted by Crippen LogP contribution is -1.93. The van der Waals surface area contributed by atoms with Gasteiger partial charge in [-0.1, -0.05) is 84.2 Å². The van der Waals surface area contributed by atoms with Crippen LogP contribution in [-0.2, 0) is 0 Å². The molecule has 0 unspecified atom stereocenters. The van der Waals surface area contributed by atoms with E-state index in [1.165, 1.54) is 0 Å². The van der Waals surface area contributed by atoms with Crippen LogP contribution >= 0.6 is 23.5 Å². The number of nitrogens with zero attached hydrogens (tertiary/aromatic N) is 2. The van der Waals surface area contributed by atoms with Crippen molar-refractivity contribution >= 4 is 34.9 Å². The van der Waals surface area contributed by atoms with E-state index in [4.69, 9.17) is 0 Å². The Hall–Kier alpha value is -3.02. The first-order valence-electron chi connectivity index (χ1n) is 9.12. The molecule has 0 atom stereocenters. The molecule has 0 spiro atoms. The lowest BCUT2D eigenvalue weighted by Gasteiger charge is -2.08. The van der Waals surface area contributed by atoms with Gasteiger partial charge in [0.1, 0.15) is 5.69 Å². The highest BCUT2D eigenvalue weighted by Crippen LogP contribution is 2.38. The normalized spacial score (nSPS) is 11.4. The summed E-state index contributed by atoms with van der Waals surface area (Å²) in [6.07, 6.45) is 0. The smallest absolute Gasteiger partial charge is 0.258 e. The largest absolute Gasteiger partial charge is 0.594 e. The fourth-order valence-electron chi connectivity index (χ4n) is 2.71. The Labute approximate surface area is 178 Å². The van der Waals surface area contributed by atoms with Gasteiger partial charge in [0.15, 0.2) is 0 Å². The van der Waals surface area contributed by atoms with Crippen LogP contribution in [0.25, 0.3) is 0 Å². The number of hydrogen-bond acceptors (Lipinski definition) is 4. The van der Waals surface area contributed by atoms with E-state index in [9.17, 15) is 5.21 Å². The number of rotatable bonds is 6. The van der Waals surface area contributed by atoms with Crippen molar-refractivity contribution in [3.05, 3.63) is 114 Å². The maximum Gasteiger partial charge on any atom is 0.258 e. The van der Waals surface area contributed by atoms with Crippen molar-refractivity contribution in [2.24, 2.45) is 5.11 Å². The Morgan fingerprint density at radius 3 is 1.69 bits per heavy atom. The second-order valence-electron chi connectivity index (χ2n) is 6.14. The van der Waals surface area contributed by atoms with Crippen molar-refractivity contribution in [3.63, 3.8) is 0 Å². The van der Waals surface area contributed by atoms with Crippen LogP contribution in [0.3, 0.4) is 0 Å². The van der Waals surface area contributed by atoms with Gasteiger partial charge >= 0.3 is 0 Å². The van der Waals surface area contributed by atoms with E-state index in [0.717, 1.165) is 24.4 Å². The molecule has 4 rings (SSSR count). The predicted octanol–water partition coefficient (Wildman–Crippen LogP) is 7.91. The maximum absolute atomic E-state index is 13.0. The second-order valence-corrected chi connectivity index (χ2v) is 8.37. The zero-order chi connectivity index (χ0) is 19.9. The van der Waals surface area contributed by atoms with Crippen LogP contribution < -0.4 is 0 Å². The molecule has 3 nitrogen and oxygen atoms in total. The van der Waals surface area contributed by atoms with E-state index in [0.29, 0.717) is 11.4 Å². The molecule has 0 radical (unpaired) electrons. The van der Waals surface area contributed by atoms with Gasteiger partial charge in [-0.2, -0.15) is 0 Å². The van der Waals surface area contributed by atoms with Crippen LogP contribution in [0.15, 0.2) is 134 Å². The van der Waals surface area contributed by atoms with Crippen molar-refractivity contribution in [2.75, 3.05) is 0 Å². The van der Waals surface area contributed by atoms with Crippen LogP contribution in [0.5, 0.6) is 0 Å². The molecule has 0 amide bonds. The summed E-state index contributed by atoms with van der Waals surface area (Å²) >= 11 is 3.15. The molecule has 0 heterocycles. The zero-order valence-electron chi connectivity index (χ0n) is 15.5. The quantitative estimate of drug-likeness (QED) is 0.183. The summed E-state index contributed by atoms with van der Waals surface area (Å²) in [5.74, 6) is 0. The molecule has 4 aromatic rings. The van der Waals surface area contributed by atoms with Crippen molar-refractivity contribution in [2.45, 2.75) is 19.6 Å². The van der Waals surface area contributed by atoms with Crippen LogP contribution in [0.1, 0.15) is 0 Å². The summed E-state index contributed by atoms with van der Waals surface area (Å²) in [6.45, 7) is 0. The summed E-state index contributed by atoms with van der Waals surface area (Å²) in [5.41, 5.74) is 1.18. The maximum atomic E-state index is 13.0. The van der Waals surface area contributed by atoms with Gasteiger partial charge in [-0.25, -0.2) is 0 Å². The first-order valence-corrected chi connectivity index (χ1v) is 10.8. The molecule has 5 heteroatoms. The highest BCUT2D eigenvalue weighted by molar-refractivity contribution is 7.99. The Balaban J connectivity index is 1.65. The Morgan fingerprint density at radius 2 is 1.03 bits per heavy atom. The third kappa shape index (κ3) is 5.08. The molecule has 0 fully saturated rings. The lowest BCUT2D eigenvalue weighted by molar-refractivity contribution is -0.438. The summed E-state index contributed by atoms with van der Waals surface area (Å²) in [6, 6.07) is 35.3. The standard InChI is InChI=1S/C24H18N2OS2/c27-26(22-16-8-10-18-24(22)29-20-13-5-2-6-14-20)25-21-15-7-9-17-23(21)28-19-11-3-1-4-12-19/h1-18H. The molecule has 142 valence electrons. The first-order chi connectivity index (χ1) is 14.3. The van der Waals surface area contributed by atoms with Crippen molar-refractivity contribution in [3.8, 4) is 0 Å². The fourth-order valence-corrected chi connectivity index (χ4v) is 4.56. The Bertz CT molecular complexity index is 1120. The number of azo groups is 1. The van der Waals surface area contributed by atoms with Crippen molar-refractivity contribution < 1.29 is 4.86 Å². The van der Waals surface area contributed by atoms with E-state index < -0.39 is 0 Å². The summed E-state index contributed by atoms with van der Waals surface area (Å²) in [4.78, 5) is 4.70. The average molecular weight is 415 g/mol. The molecule has 0 N–H and O–H groups in total. The zero-order valence-corrected chi connectivity index (χ0v) is 17.1. The molecule has 0 aromatic heterocycles.